The van der Waals surface area contributed by atoms with E-state index >= 15 is 0 Å². The largest absolute Gasteiger partial charge is 0.496 e. The van der Waals surface area contributed by atoms with Crippen LogP contribution in [0.1, 0.15) is 53.3 Å². The SMILES string of the molecule is COCOc1cccc(OCOC)c1C(=O)c1c(OC)ccc(OC)c1-c1c(OC)cc2c(c1OC)C(=O)c1c(OC)cc(C)cc1C2=O. The van der Waals surface area contributed by atoms with Crippen molar-refractivity contribution in [3.8, 4) is 51.4 Å². The highest BCUT2D eigenvalue weighted by Crippen LogP contribution is 2.52. The molecule has 0 saturated heterocycles. The van der Waals surface area contributed by atoms with Crippen molar-refractivity contribution in [1.29, 1.82) is 0 Å². The summed E-state index contributed by atoms with van der Waals surface area (Å²) < 4.78 is 50.8. The molecule has 0 aliphatic heterocycles. The molecule has 0 aromatic heterocycles. The lowest BCUT2D eigenvalue weighted by Crippen LogP contribution is -2.23. The zero-order chi connectivity index (χ0) is 35.4. The Bertz CT molecular complexity index is 1920. The second-order valence-corrected chi connectivity index (χ2v) is 10.7. The number of benzene rings is 4. The molecule has 256 valence electrons. The number of hydrogen-bond donors (Lipinski definition) is 0. The Balaban J connectivity index is 1.88. The molecule has 0 fully saturated rings. The lowest BCUT2D eigenvalue weighted by Gasteiger charge is -2.26. The molecule has 12 nitrogen and oxygen atoms in total. The van der Waals surface area contributed by atoms with Crippen molar-refractivity contribution in [1.82, 2.24) is 0 Å². The van der Waals surface area contributed by atoms with Gasteiger partial charge in [0.05, 0.1) is 57.8 Å². The van der Waals surface area contributed by atoms with Crippen molar-refractivity contribution in [3.63, 3.8) is 0 Å². The number of ketones is 3. The van der Waals surface area contributed by atoms with Crippen LogP contribution in [0.3, 0.4) is 0 Å². The number of carbonyl (C=O) groups excluding carboxylic acids is 3. The second-order valence-electron chi connectivity index (χ2n) is 10.7. The third-order valence-corrected chi connectivity index (χ3v) is 8.00. The van der Waals surface area contributed by atoms with Crippen LogP contribution in [0.15, 0.2) is 48.5 Å². The van der Waals surface area contributed by atoms with Gasteiger partial charge in [0.1, 0.15) is 45.8 Å². The normalized spacial score (nSPS) is 11.8. The Labute approximate surface area is 283 Å². The van der Waals surface area contributed by atoms with E-state index in [1.807, 2.05) is 0 Å². The van der Waals surface area contributed by atoms with Gasteiger partial charge in [0, 0.05) is 30.9 Å². The summed E-state index contributed by atoms with van der Waals surface area (Å²) in [6, 6.07) is 12.8. The van der Waals surface area contributed by atoms with Gasteiger partial charge in [-0.25, -0.2) is 0 Å². The second kappa shape index (κ2) is 14.7. The fourth-order valence-electron chi connectivity index (χ4n) is 5.96. The van der Waals surface area contributed by atoms with Gasteiger partial charge < -0.3 is 42.6 Å². The molecule has 1 aliphatic rings. The van der Waals surface area contributed by atoms with E-state index in [2.05, 4.69) is 0 Å². The molecule has 0 radical (unpaired) electrons. The fraction of sp³-hybridized carbons (Fsp3) is 0.270. The Kier molecular flexibility index (Phi) is 10.4. The van der Waals surface area contributed by atoms with Crippen LogP contribution in [-0.2, 0) is 9.47 Å². The molecule has 4 aromatic rings. The predicted molar refractivity (Wildman–Crippen MR) is 178 cm³/mol. The summed E-state index contributed by atoms with van der Waals surface area (Å²) in [5.41, 5.74) is 1.40. The van der Waals surface area contributed by atoms with E-state index in [-0.39, 0.29) is 98.3 Å². The molecular formula is C37H36O12. The van der Waals surface area contributed by atoms with E-state index in [1.165, 1.54) is 55.8 Å². The van der Waals surface area contributed by atoms with Gasteiger partial charge in [-0.05, 0) is 55.0 Å². The third-order valence-electron chi connectivity index (χ3n) is 8.00. The number of fused-ring (bicyclic) bond motifs is 2. The minimum Gasteiger partial charge on any atom is -0.496 e. The first kappa shape index (κ1) is 34.7. The molecule has 0 N–H and O–H groups in total. The van der Waals surface area contributed by atoms with Gasteiger partial charge in [-0.15, -0.1) is 0 Å². The van der Waals surface area contributed by atoms with E-state index < -0.39 is 17.3 Å². The van der Waals surface area contributed by atoms with Crippen LogP contribution in [0.4, 0.5) is 0 Å². The third kappa shape index (κ3) is 6.00. The lowest BCUT2D eigenvalue weighted by atomic mass is 9.79. The highest BCUT2D eigenvalue weighted by molar-refractivity contribution is 6.31. The van der Waals surface area contributed by atoms with Gasteiger partial charge in [0.15, 0.2) is 19.4 Å². The molecule has 0 spiro atoms. The van der Waals surface area contributed by atoms with Gasteiger partial charge in [-0.1, -0.05) is 6.07 Å². The maximum Gasteiger partial charge on any atom is 0.205 e. The average Bonchev–Trinajstić information content (AvgIpc) is 3.12. The summed E-state index contributed by atoms with van der Waals surface area (Å²) >= 11 is 0. The Morgan fingerprint density at radius 2 is 1.08 bits per heavy atom. The number of hydrogen-bond acceptors (Lipinski definition) is 12. The van der Waals surface area contributed by atoms with Gasteiger partial charge in [0.2, 0.25) is 11.6 Å². The highest BCUT2D eigenvalue weighted by atomic mass is 16.7. The van der Waals surface area contributed by atoms with E-state index in [1.54, 1.807) is 49.4 Å². The maximum absolute atomic E-state index is 14.9. The molecule has 0 amide bonds. The van der Waals surface area contributed by atoms with Crippen molar-refractivity contribution in [3.05, 3.63) is 87.5 Å². The first-order chi connectivity index (χ1) is 23.7. The van der Waals surface area contributed by atoms with Crippen LogP contribution >= 0.6 is 0 Å². The Morgan fingerprint density at radius 3 is 1.63 bits per heavy atom. The van der Waals surface area contributed by atoms with Crippen molar-refractivity contribution < 1.29 is 57.0 Å². The summed E-state index contributed by atoms with van der Waals surface area (Å²) in [6.07, 6.45) is 0. The molecule has 0 unspecified atom stereocenters. The fourth-order valence-corrected chi connectivity index (χ4v) is 5.96. The standard InChI is InChI=1S/C37H36O12/c1-19-14-20-28(26(15-19)45-6)35(39)29-21(34(20)38)16-27(46-7)33(37(29)47-8)31-22(43-4)12-13-23(44-5)32(31)36(40)30-24(48-17-41-2)10-9-11-25(30)49-18-42-3/h9-16H,17-18H2,1-8H3. The van der Waals surface area contributed by atoms with Crippen LogP contribution in [0.2, 0.25) is 0 Å². The highest BCUT2D eigenvalue weighted by Gasteiger charge is 2.40. The zero-order valence-corrected chi connectivity index (χ0v) is 28.4. The minimum atomic E-state index is -0.602. The van der Waals surface area contributed by atoms with Crippen LogP contribution < -0.4 is 33.2 Å². The van der Waals surface area contributed by atoms with Gasteiger partial charge in [0.25, 0.3) is 0 Å². The maximum atomic E-state index is 14.9. The summed E-state index contributed by atoms with van der Waals surface area (Å²) in [7, 11) is 9.93. The molecule has 0 bridgehead atoms. The first-order valence-corrected chi connectivity index (χ1v) is 14.9. The molecule has 4 aromatic carbocycles. The molecule has 49 heavy (non-hydrogen) atoms. The molecule has 0 heterocycles. The van der Waals surface area contributed by atoms with E-state index in [9.17, 15) is 14.4 Å². The number of ether oxygens (including phenoxy) is 9. The number of rotatable bonds is 14. The average molecular weight is 673 g/mol. The van der Waals surface area contributed by atoms with Gasteiger partial charge >= 0.3 is 0 Å². The lowest BCUT2D eigenvalue weighted by molar-refractivity contribution is 0.0446. The predicted octanol–water partition coefficient (Wildman–Crippen LogP) is 5.68. The smallest absolute Gasteiger partial charge is 0.205 e. The van der Waals surface area contributed by atoms with Crippen molar-refractivity contribution in [2.75, 3.05) is 63.4 Å². The Morgan fingerprint density at radius 1 is 0.531 bits per heavy atom. The summed E-state index contributed by atoms with van der Waals surface area (Å²) in [6.45, 7) is 1.48. The molecular weight excluding hydrogens is 636 g/mol. The quantitative estimate of drug-likeness (QED) is 0.106. The van der Waals surface area contributed by atoms with Crippen LogP contribution in [0, 0.1) is 6.92 Å². The number of carbonyl (C=O) groups is 3. The summed E-state index contributed by atoms with van der Waals surface area (Å²) in [4.78, 5) is 43.3. The minimum absolute atomic E-state index is 0.00248. The Hall–Kier alpha value is -5.59. The van der Waals surface area contributed by atoms with E-state index in [0.717, 1.165) is 5.56 Å². The van der Waals surface area contributed by atoms with Gasteiger partial charge in [-0.2, -0.15) is 0 Å². The number of methoxy groups -OCH3 is 7. The van der Waals surface area contributed by atoms with Crippen molar-refractivity contribution in [2.24, 2.45) is 0 Å². The number of aryl methyl sites for hydroxylation is 1. The van der Waals surface area contributed by atoms with E-state index in [4.69, 9.17) is 42.6 Å². The van der Waals surface area contributed by atoms with Gasteiger partial charge in [-0.3, -0.25) is 14.4 Å². The topological polar surface area (TPSA) is 134 Å². The summed E-state index contributed by atoms with van der Waals surface area (Å²) in [5, 5.41) is 0. The van der Waals surface area contributed by atoms with Crippen LogP contribution in [0.5, 0.6) is 40.2 Å². The zero-order valence-electron chi connectivity index (χ0n) is 28.4. The summed E-state index contributed by atoms with van der Waals surface area (Å²) in [5.74, 6) is -0.536. The molecule has 1 aliphatic carbocycles. The first-order valence-electron chi connectivity index (χ1n) is 14.9. The molecule has 0 atom stereocenters. The van der Waals surface area contributed by atoms with E-state index in [0.29, 0.717) is 0 Å². The van der Waals surface area contributed by atoms with Crippen molar-refractivity contribution in [2.45, 2.75) is 6.92 Å². The van der Waals surface area contributed by atoms with Crippen molar-refractivity contribution >= 4 is 17.3 Å². The van der Waals surface area contributed by atoms with Crippen LogP contribution in [0.25, 0.3) is 11.1 Å². The molecule has 0 saturated carbocycles. The molecule has 5 rings (SSSR count). The molecule has 12 heteroatoms. The van der Waals surface area contributed by atoms with Crippen LogP contribution in [-0.4, -0.2) is 80.7 Å². The monoisotopic (exact) mass is 672 g/mol.